The van der Waals surface area contributed by atoms with E-state index in [4.69, 9.17) is 14.2 Å². The predicted octanol–water partition coefficient (Wildman–Crippen LogP) is 4.15. The molecule has 32 heavy (non-hydrogen) atoms. The monoisotopic (exact) mass is 436 g/mol. The van der Waals surface area contributed by atoms with Crippen molar-refractivity contribution >= 4 is 16.7 Å². The van der Waals surface area contributed by atoms with Crippen molar-refractivity contribution in [3.63, 3.8) is 0 Å². The van der Waals surface area contributed by atoms with Crippen LogP contribution in [0.4, 0.5) is 0 Å². The van der Waals surface area contributed by atoms with E-state index in [2.05, 4.69) is 28.1 Å². The highest BCUT2D eigenvalue weighted by Gasteiger charge is 2.32. The predicted molar refractivity (Wildman–Crippen MR) is 122 cm³/mol. The van der Waals surface area contributed by atoms with Crippen molar-refractivity contribution in [3.05, 3.63) is 59.9 Å². The van der Waals surface area contributed by atoms with E-state index in [1.807, 2.05) is 24.4 Å². The van der Waals surface area contributed by atoms with E-state index in [1.54, 1.807) is 27.5 Å². The fraction of sp³-hybridized carbons (Fsp3) is 0.360. The zero-order valence-electron chi connectivity index (χ0n) is 18.6. The van der Waals surface area contributed by atoms with Gasteiger partial charge in [0.15, 0.2) is 11.5 Å². The molecular weight excluding hydrogens is 408 g/mol. The Labute approximate surface area is 187 Å². The molecule has 4 rings (SSSR count). The number of carbonyl (C=O) groups is 1. The van der Waals surface area contributed by atoms with Crippen LogP contribution in [0.25, 0.3) is 10.8 Å². The number of rotatable bonds is 7. The van der Waals surface area contributed by atoms with Gasteiger partial charge in [-0.15, -0.1) is 0 Å². The van der Waals surface area contributed by atoms with Crippen LogP contribution < -0.4 is 14.2 Å². The molecule has 0 aliphatic carbocycles. The Morgan fingerprint density at radius 3 is 2.44 bits per heavy atom. The van der Waals surface area contributed by atoms with Crippen LogP contribution in [0, 0.1) is 5.92 Å². The third-order valence-corrected chi connectivity index (χ3v) is 6.15. The number of hydrogen-bond acceptors (Lipinski definition) is 6. The molecule has 7 nitrogen and oxygen atoms in total. The van der Waals surface area contributed by atoms with Gasteiger partial charge in [0.25, 0.3) is 0 Å². The van der Waals surface area contributed by atoms with E-state index in [9.17, 15) is 9.90 Å². The third-order valence-electron chi connectivity index (χ3n) is 6.15. The van der Waals surface area contributed by atoms with Gasteiger partial charge >= 0.3 is 5.97 Å². The summed E-state index contributed by atoms with van der Waals surface area (Å²) in [5.41, 5.74) is 2.03. The van der Waals surface area contributed by atoms with Gasteiger partial charge in [-0.2, -0.15) is 0 Å². The summed E-state index contributed by atoms with van der Waals surface area (Å²) >= 11 is 0. The minimum absolute atomic E-state index is 0.163. The molecule has 1 N–H and O–H groups in total. The first kappa shape index (κ1) is 21.9. The molecule has 2 aromatic carbocycles. The molecule has 1 aliphatic heterocycles. The molecular formula is C25H28N2O5. The van der Waals surface area contributed by atoms with E-state index < -0.39 is 11.9 Å². The lowest BCUT2D eigenvalue weighted by atomic mass is 9.90. The van der Waals surface area contributed by atoms with Crippen LogP contribution in [0.2, 0.25) is 0 Å². The smallest absolute Gasteiger partial charge is 0.307 e. The number of carboxylic acids is 1. The minimum Gasteiger partial charge on any atom is -0.493 e. The van der Waals surface area contributed by atoms with Gasteiger partial charge in [0.2, 0.25) is 5.75 Å². The van der Waals surface area contributed by atoms with E-state index in [-0.39, 0.29) is 6.04 Å². The fourth-order valence-corrected chi connectivity index (χ4v) is 4.59. The molecule has 1 aliphatic rings. The maximum absolute atomic E-state index is 11.8. The Morgan fingerprint density at radius 1 is 1.03 bits per heavy atom. The summed E-state index contributed by atoms with van der Waals surface area (Å²) in [6.07, 6.45) is 5.14. The van der Waals surface area contributed by atoms with Gasteiger partial charge in [-0.3, -0.25) is 14.7 Å². The number of carboxylic acid groups (broad SMARTS) is 1. The Balaban J connectivity index is 1.86. The number of piperidine rings is 1. The maximum Gasteiger partial charge on any atom is 0.307 e. The number of benzene rings is 2. The normalized spacial score (nSPS) is 17.7. The molecule has 2 atom stereocenters. The van der Waals surface area contributed by atoms with Crippen LogP contribution in [0.5, 0.6) is 17.2 Å². The average Bonchev–Trinajstić information content (AvgIpc) is 2.83. The van der Waals surface area contributed by atoms with Crippen molar-refractivity contribution in [3.8, 4) is 17.2 Å². The van der Waals surface area contributed by atoms with Gasteiger partial charge < -0.3 is 19.3 Å². The lowest BCUT2D eigenvalue weighted by Gasteiger charge is -2.38. The van der Waals surface area contributed by atoms with Crippen LogP contribution in [-0.2, 0) is 4.79 Å². The second-order valence-corrected chi connectivity index (χ2v) is 8.02. The first-order chi connectivity index (χ1) is 15.5. The van der Waals surface area contributed by atoms with Crippen molar-refractivity contribution in [1.82, 2.24) is 9.88 Å². The zero-order chi connectivity index (χ0) is 22.7. The van der Waals surface area contributed by atoms with E-state index in [0.717, 1.165) is 34.9 Å². The lowest BCUT2D eigenvalue weighted by molar-refractivity contribution is -0.143. The van der Waals surface area contributed by atoms with E-state index in [1.165, 1.54) is 0 Å². The number of likely N-dealkylation sites (tertiary alicyclic amines) is 1. The van der Waals surface area contributed by atoms with Gasteiger partial charge in [-0.1, -0.05) is 12.1 Å². The second-order valence-electron chi connectivity index (χ2n) is 8.02. The molecule has 1 aromatic heterocycles. The molecule has 0 amide bonds. The van der Waals surface area contributed by atoms with Gasteiger partial charge in [-0.25, -0.2) is 0 Å². The molecule has 0 radical (unpaired) electrons. The summed E-state index contributed by atoms with van der Waals surface area (Å²) in [6, 6.07) is 12.0. The third kappa shape index (κ3) is 4.21. The Kier molecular flexibility index (Phi) is 6.46. The van der Waals surface area contributed by atoms with E-state index in [0.29, 0.717) is 30.2 Å². The van der Waals surface area contributed by atoms with Crippen LogP contribution in [-0.4, -0.2) is 55.4 Å². The summed E-state index contributed by atoms with van der Waals surface area (Å²) in [4.78, 5) is 18.2. The molecule has 1 saturated heterocycles. The highest BCUT2D eigenvalue weighted by atomic mass is 16.5. The molecule has 0 bridgehead atoms. The molecule has 0 saturated carbocycles. The summed E-state index contributed by atoms with van der Waals surface area (Å²) in [5.74, 6) is 0.539. The highest BCUT2D eigenvalue weighted by Crippen LogP contribution is 2.43. The lowest BCUT2D eigenvalue weighted by Crippen LogP contribution is -2.41. The van der Waals surface area contributed by atoms with Crippen molar-refractivity contribution < 1.29 is 24.1 Å². The van der Waals surface area contributed by atoms with Crippen LogP contribution in [0.1, 0.15) is 30.0 Å². The molecule has 7 heteroatoms. The van der Waals surface area contributed by atoms with Crippen LogP contribution in [0.3, 0.4) is 0 Å². The van der Waals surface area contributed by atoms with Crippen molar-refractivity contribution in [2.45, 2.75) is 18.9 Å². The zero-order valence-corrected chi connectivity index (χ0v) is 18.6. The quantitative estimate of drug-likeness (QED) is 0.596. The van der Waals surface area contributed by atoms with Crippen LogP contribution >= 0.6 is 0 Å². The van der Waals surface area contributed by atoms with Gasteiger partial charge in [0.1, 0.15) is 0 Å². The van der Waals surface area contributed by atoms with E-state index >= 15 is 0 Å². The average molecular weight is 437 g/mol. The number of pyridine rings is 1. The topological polar surface area (TPSA) is 81.1 Å². The summed E-state index contributed by atoms with van der Waals surface area (Å²) in [6.45, 7) is 1.28. The molecule has 0 spiro atoms. The number of hydrogen-bond donors (Lipinski definition) is 1. The standard InChI is InChI=1S/C25H28N2O5/c1-30-21-12-20(13-22(31-2)24(21)32-3)23(27-10-4-5-19(15-27)25(28)29)17-6-7-18-14-26-9-8-16(18)11-17/h6-9,11-14,19,23H,4-5,10,15H2,1-3H3,(H,28,29). The molecule has 2 heterocycles. The largest absolute Gasteiger partial charge is 0.493 e. The highest BCUT2D eigenvalue weighted by molar-refractivity contribution is 5.82. The summed E-state index contributed by atoms with van der Waals surface area (Å²) in [5, 5.41) is 11.8. The Morgan fingerprint density at radius 2 is 1.78 bits per heavy atom. The van der Waals surface area contributed by atoms with Gasteiger partial charge in [0, 0.05) is 24.3 Å². The van der Waals surface area contributed by atoms with Gasteiger partial charge in [-0.05, 0) is 60.2 Å². The maximum atomic E-state index is 11.8. The SMILES string of the molecule is COc1cc(C(c2ccc3cnccc3c2)N2CCCC(C(=O)O)C2)cc(OC)c1OC. The van der Waals surface area contributed by atoms with Crippen molar-refractivity contribution in [2.24, 2.45) is 5.92 Å². The van der Waals surface area contributed by atoms with Gasteiger partial charge in [0.05, 0.1) is 33.3 Å². The number of fused-ring (bicyclic) bond motifs is 1. The summed E-state index contributed by atoms with van der Waals surface area (Å²) < 4.78 is 16.7. The number of methoxy groups -OCH3 is 3. The number of ether oxygens (including phenoxy) is 3. The van der Waals surface area contributed by atoms with Crippen LogP contribution in [0.15, 0.2) is 48.8 Å². The summed E-state index contributed by atoms with van der Waals surface area (Å²) in [7, 11) is 4.78. The minimum atomic E-state index is -0.747. The molecule has 168 valence electrons. The first-order valence-corrected chi connectivity index (χ1v) is 10.7. The number of aliphatic carboxylic acids is 1. The fourth-order valence-electron chi connectivity index (χ4n) is 4.59. The second kappa shape index (κ2) is 9.44. The van der Waals surface area contributed by atoms with Crippen molar-refractivity contribution in [1.29, 1.82) is 0 Å². The number of aromatic nitrogens is 1. The first-order valence-electron chi connectivity index (χ1n) is 10.7. The van der Waals surface area contributed by atoms with Crippen molar-refractivity contribution in [2.75, 3.05) is 34.4 Å². The Bertz CT molecular complexity index is 1090. The molecule has 3 aromatic rings. The number of nitrogens with zero attached hydrogens (tertiary/aromatic N) is 2. The molecule has 2 unspecified atom stereocenters. The Hall–Kier alpha value is -3.32. The molecule has 1 fully saturated rings.